The molecule has 1 amide bonds. The molecule has 0 bridgehead atoms. The molecular formula is C16H19NO4. The summed E-state index contributed by atoms with van der Waals surface area (Å²) in [4.78, 5) is 24.7. The van der Waals surface area contributed by atoms with Crippen LogP contribution < -0.4 is 0 Å². The number of nitrogens with zero attached hydrogens (tertiary/aromatic N) is 1. The Morgan fingerprint density at radius 3 is 2.76 bits per heavy atom. The predicted octanol–water partition coefficient (Wildman–Crippen LogP) is 1.95. The zero-order valence-corrected chi connectivity index (χ0v) is 12.2. The number of carboxylic acid groups (broad SMARTS) is 1. The number of benzene rings is 1. The third-order valence-electron chi connectivity index (χ3n) is 3.69. The Morgan fingerprint density at radius 2 is 2.19 bits per heavy atom. The van der Waals surface area contributed by atoms with Crippen molar-refractivity contribution in [3.8, 4) is 0 Å². The summed E-state index contributed by atoms with van der Waals surface area (Å²) in [6, 6.07) is 5.30. The highest BCUT2D eigenvalue weighted by molar-refractivity contribution is 5.95. The molecule has 5 heteroatoms. The van der Waals surface area contributed by atoms with E-state index in [2.05, 4.69) is 0 Å². The van der Waals surface area contributed by atoms with Gasteiger partial charge in [0.1, 0.15) is 0 Å². The number of hydrogen-bond acceptors (Lipinski definition) is 3. The molecule has 0 spiro atoms. The largest absolute Gasteiger partial charge is 0.478 e. The minimum atomic E-state index is -0.989. The zero-order chi connectivity index (χ0) is 15.4. The summed E-state index contributed by atoms with van der Waals surface area (Å²) in [5.74, 6) is -0.997. The number of likely N-dealkylation sites (tertiary alicyclic amines) is 1. The topological polar surface area (TPSA) is 66.8 Å². The molecule has 1 unspecified atom stereocenters. The first-order chi connectivity index (χ1) is 10.0. The van der Waals surface area contributed by atoms with Gasteiger partial charge in [-0.3, -0.25) is 4.79 Å². The molecule has 1 saturated heterocycles. The third kappa shape index (κ3) is 3.70. The molecule has 1 N–H and O–H groups in total. The number of hydrogen-bond donors (Lipinski definition) is 1. The van der Waals surface area contributed by atoms with Crippen LogP contribution in [-0.4, -0.2) is 48.2 Å². The zero-order valence-electron chi connectivity index (χ0n) is 12.2. The fraction of sp³-hybridized carbons (Fsp3) is 0.375. The van der Waals surface area contributed by atoms with E-state index in [1.165, 1.54) is 6.08 Å². The van der Waals surface area contributed by atoms with Crippen LogP contribution in [0.25, 0.3) is 6.08 Å². The van der Waals surface area contributed by atoms with E-state index >= 15 is 0 Å². The third-order valence-corrected chi connectivity index (χ3v) is 3.69. The van der Waals surface area contributed by atoms with Crippen LogP contribution in [0.1, 0.15) is 27.9 Å². The SMILES string of the molecule is COC1CCN(C(=O)c2ccc(/C=C/C(=O)O)c(C)c2)C1. The van der Waals surface area contributed by atoms with Gasteiger partial charge in [-0.15, -0.1) is 0 Å². The number of aliphatic carboxylic acids is 1. The van der Waals surface area contributed by atoms with E-state index in [1.54, 1.807) is 30.2 Å². The summed E-state index contributed by atoms with van der Waals surface area (Å²) in [7, 11) is 1.66. The molecule has 21 heavy (non-hydrogen) atoms. The molecule has 1 aliphatic rings. The van der Waals surface area contributed by atoms with Crippen molar-refractivity contribution in [3.05, 3.63) is 41.0 Å². The maximum absolute atomic E-state index is 12.4. The van der Waals surface area contributed by atoms with Crippen molar-refractivity contribution in [1.82, 2.24) is 4.90 Å². The van der Waals surface area contributed by atoms with Crippen LogP contribution >= 0.6 is 0 Å². The lowest BCUT2D eigenvalue weighted by Crippen LogP contribution is -2.30. The predicted molar refractivity (Wildman–Crippen MR) is 79.2 cm³/mol. The fourth-order valence-electron chi connectivity index (χ4n) is 2.44. The first-order valence-corrected chi connectivity index (χ1v) is 6.85. The Hall–Kier alpha value is -2.14. The number of amides is 1. The number of methoxy groups -OCH3 is 1. The number of carbonyl (C=O) groups excluding carboxylic acids is 1. The van der Waals surface area contributed by atoms with Gasteiger partial charge in [-0.05, 0) is 42.7 Å². The molecule has 0 aromatic heterocycles. The van der Waals surface area contributed by atoms with E-state index in [4.69, 9.17) is 9.84 Å². The van der Waals surface area contributed by atoms with Crippen molar-refractivity contribution in [3.63, 3.8) is 0 Å². The molecule has 0 radical (unpaired) electrons. The second-order valence-electron chi connectivity index (χ2n) is 5.14. The van der Waals surface area contributed by atoms with Gasteiger partial charge in [0.05, 0.1) is 6.10 Å². The highest BCUT2D eigenvalue weighted by Gasteiger charge is 2.26. The van der Waals surface area contributed by atoms with Crippen molar-refractivity contribution in [2.24, 2.45) is 0 Å². The molecule has 1 fully saturated rings. The van der Waals surface area contributed by atoms with Crippen molar-refractivity contribution < 1.29 is 19.4 Å². The van der Waals surface area contributed by atoms with E-state index in [0.717, 1.165) is 23.6 Å². The molecule has 112 valence electrons. The lowest BCUT2D eigenvalue weighted by Gasteiger charge is -2.16. The van der Waals surface area contributed by atoms with Gasteiger partial charge in [-0.25, -0.2) is 4.79 Å². The summed E-state index contributed by atoms with van der Waals surface area (Å²) in [5.41, 5.74) is 2.29. The highest BCUT2D eigenvalue weighted by atomic mass is 16.5. The molecule has 2 rings (SSSR count). The molecule has 1 heterocycles. The van der Waals surface area contributed by atoms with Crippen molar-refractivity contribution >= 4 is 18.0 Å². The number of carboxylic acids is 1. The van der Waals surface area contributed by atoms with Crippen LogP contribution in [0.4, 0.5) is 0 Å². The number of carbonyl (C=O) groups is 2. The lowest BCUT2D eigenvalue weighted by molar-refractivity contribution is -0.131. The van der Waals surface area contributed by atoms with E-state index in [-0.39, 0.29) is 12.0 Å². The van der Waals surface area contributed by atoms with Gasteiger partial charge in [0, 0.05) is 31.8 Å². The van der Waals surface area contributed by atoms with Crippen LogP contribution in [0, 0.1) is 6.92 Å². The maximum atomic E-state index is 12.4. The van der Waals surface area contributed by atoms with Crippen molar-refractivity contribution in [1.29, 1.82) is 0 Å². The van der Waals surface area contributed by atoms with Crippen LogP contribution in [0.3, 0.4) is 0 Å². The van der Waals surface area contributed by atoms with Gasteiger partial charge in [0.2, 0.25) is 0 Å². The van der Waals surface area contributed by atoms with Gasteiger partial charge in [0.15, 0.2) is 0 Å². The van der Waals surface area contributed by atoms with Gasteiger partial charge in [-0.2, -0.15) is 0 Å². The Bertz CT molecular complexity index is 580. The Labute approximate surface area is 123 Å². The lowest BCUT2D eigenvalue weighted by atomic mass is 10.0. The summed E-state index contributed by atoms with van der Waals surface area (Å²) >= 11 is 0. The minimum Gasteiger partial charge on any atom is -0.478 e. The number of ether oxygens (including phenoxy) is 1. The van der Waals surface area contributed by atoms with Gasteiger partial charge >= 0.3 is 5.97 Å². The molecule has 0 saturated carbocycles. The Morgan fingerprint density at radius 1 is 1.43 bits per heavy atom. The second kappa shape index (κ2) is 6.54. The number of aryl methyl sites for hydroxylation is 1. The van der Waals surface area contributed by atoms with Crippen LogP contribution in [-0.2, 0) is 9.53 Å². The standard InChI is InChI=1S/C16H19NO4/c1-11-9-13(4-3-12(11)5-6-15(18)19)16(20)17-8-7-14(10-17)21-2/h3-6,9,14H,7-8,10H2,1-2H3,(H,18,19)/b6-5+. The first kappa shape index (κ1) is 15.3. The molecular weight excluding hydrogens is 270 g/mol. The summed E-state index contributed by atoms with van der Waals surface area (Å²) in [6.07, 6.45) is 3.60. The second-order valence-corrected chi connectivity index (χ2v) is 5.14. The first-order valence-electron chi connectivity index (χ1n) is 6.85. The fourth-order valence-corrected chi connectivity index (χ4v) is 2.44. The van der Waals surface area contributed by atoms with E-state index in [1.807, 2.05) is 6.92 Å². The van der Waals surface area contributed by atoms with Crippen LogP contribution in [0.15, 0.2) is 24.3 Å². The molecule has 5 nitrogen and oxygen atoms in total. The monoisotopic (exact) mass is 289 g/mol. The van der Waals surface area contributed by atoms with E-state index in [9.17, 15) is 9.59 Å². The molecule has 0 aliphatic carbocycles. The summed E-state index contributed by atoms with van der Waals surface area (Å²) < 4.78 is 5.27. The quantitative estimate of drug-likeness (QED) is 0.860. The average molecular weight is 289 g/mol. The summed E-state index contributed by atoms with van der Waals surface area (Å²) in [5, 5.41) is 8.64. The minimum absolute atomic E-state index is 0.00795. The summed E-state index contributed by atoms with van der Waals surface area (Å²) in [6.45, 7) is 3.19. The van der Waals surface area contributed by atoms with Crippen molar-refractivity contribution in [2.45, 2.75) is 19.4 Å². The molecule has 1 atom stereocenters. The van der Waals surface area contributed by atoms with Gasteiger partial charge in [-0.1, -0.05) is 6.07 Å². The molecule has 1 aromatic rings. The van der Waals surface area contributed by atoms with Gasteiger partial charge < -0.3 is 14.7 Å². The van der Waals surface area contributed by atoms with Crippen LogP contribution in [0.5, 0.6) is 0 Å². The van der Waals surface area contributed by atoms with E-state index < -0.39 is 5.97 Å². The van der Waals surface area contributed by atoms with Gasteiger partial charge in [0.25, 0.3) is 5.91 Å². The number of rotatable bonds is 4. The van der Waals surface area contributed by atoms with Crippen LogP contribution in [0.2, 0.25) is 0 Å². The molecule has 1 aromatic carbocycles. The highest BCUT2D eigenvalue weighted by Crippen LogP contribution is 2.18. The van der Waals surface area contributed by atoms with E-state index in [0.29, 0.717) is 18.7 Å². The normalized spacial score (nSPS) is 18.4. The molecule has 1 aliphatic heterocycles. The average Bonchev–Trinajstić information content (AvgIpc) is 2.93. The maximum Gasteiger partial charge on any atom is 0.328 e. The van der Waals surface area contributed by atoms with Crippen molar-refractivity contribution in [2.75, 3.05) is 20.2 Å². The Balaban J connectivity index is 2.13. The Kier molecular flexibility index (Phi) is 4.75. The smallest absolute Gasteiger partial charge is 0.328 e.